The number of anilines is 1. The van der Waals surface area contributed by atoms with Crippen LogP contribution < -0.4 is 5.73 Å². The highest BCUT2D eigenvalue weighted by molar-refractivity contribution is 6.02. The molecule has 0 spiro atoms. The van der Waals surface area contributed by atoms with Gasteiger partial charge in [0.2, 0.25) is 0 Å². The number of hydrogen-bond donors (Lipinski definition) is 2. The van der Waals surface area contributed by atoms with Gasteiger partial charge in [-0.05, 0) is 25.5 Å². The average Bonchev–Trinajstić information content (AvgIpc) is 2.08. The quantitative estimate of drug-likeness (QED) is 0.512. The van der Waals surface area contributed by atoms with E-state index < -0.39 is 0 Å². The van der Waals surface area contributed by atoms with E-state index in [1.807, 2.05) is 32.0 Å². The summed E-state index contributed by atoms with van der Waals surface area (Å²) in [5.41, 5.74) is 9.06. The molecule has 66 valence electrons. The lowest BCUT2D eigenvalue weighted by Crippen LogP contribution is -2.02. The summed E-state index contributed by atoms with van der Waals surface area (Å²) in [7, 11) is 0. The molecule has 0 aliphatic heterocycles. The van der Waals surface area contributed by atoms with Crippen molar-refractivity contribution >= 4 is 11.4 Å². The zero-order chi connectivity index (χ0) is 9.14. The SMILES string of the molecule is CCC(=N)c1cc(C)ccc1N.[HH]. The zero-order valence-corrected chi connectivity index (χ0v) is 7.52. The number of nitrogen functional groups attached to an aromatic ring is 1. The molecule has 1 rings (SSSR count). The summed E-state index contributed by atoms with van der Waals surface area (Å²) < 4.78 is 0. The standard InChI is InChI=1S/C10H14N2.H2/c1-3-9(11)8-6-7(2)4-5-10(8)12;/h4-6,11H,3,12H2,1-2H3;1H. The number of nitrogens with two attached hydrogens (primary N) is 1. The van der Waals surface area contributed by atoms with E-state index in [0.29, 0.717) is 11.4 Å². The topological polar surface area (TPSA) is 49.9 Å². The minimum absolute atomic E-state index is 0. The molecule has 0 fully saturated rings. The highest BCUT2D eigenvalue weighted by Gasteiger charge is 2.02. The van der Waals surface area contributed by atoms with Crippen LogP contribution in [0.15, 0.2) is 18.2 Å². The van der Waals surface area contributed by atoms with Crippen molar-refractivity contribution in [2.45, 2.75) is 20.3 Å². The molecule has 0 aromatic heterocycles. The van der Waals surface area contributed by atoms with Gasteiger partial charge in [0.15, 0.2) is 0 Å². The van der Waals surface area contributed by atoms with Crippen LogP contribution in [0.4, 0.5) is 5.69 Å². The van der Waals surface area contributed by atoms with Gasteiger partial charge in [-0.3, -0.25) is 0 Å². The van der Waals surface area contributed by atoms with Gasteiger partial charge in [-0.2, -0.15) is 0 Å². The van der Waals surface area contributed by atoms with Crippen LogP contribution in [0.25, 0.3) is 0 Å². The van der Waals surface area contributed by atoms with Crippen molar-refractivity contribution in [3.63, 3.8) is 0 Å². The van der Waals surface area contributed by atoms with Crippen molar-refractivity contribution in [3.8, 4) is 0 Å². The summed E-state index contributed by atoms with van der Waals surface area (Å²) in [5.74, 6) is 0. The van der Waals surface area contributed by atoms with Gasteiger partial charge in [0.1, 0.15) is 0 Å². The maximum atomic E-state index is 7.64. The second-order valence-corrected chi connectivity index (χ2v) is 2.92. The van der Waals surface area contributed by atoms with Crippen molar-refractivity contribution in [1.29, 1.82) is 5.41 Å². The van der Waals surface area contributed by atoms with E-state index in [4.69, 9.17) is 11.1 Å². The van der Waals surface area contributed by atoms with Crippen molar-refractivity contribution in [2.75, 3.05) is 5.73 Å². The summed E-state index contributed by atoms with van der Waals surface area (Å²) in [5, 5.41) is 7.64. The Bertz CT molecular complexity index is 308. The first-order chi connectivity index (χ1) is 5.65. The molecule has 2 nitrogen and oxygen atoms in total. The highest BCUT2D eigenvalue weighted by atomic mass is 14.6. The molecule has 0 aliphatic rings. The summed E-state index contributed by atoms with van der Waals surface area (Å²) in [6.45, 7) is 3.97. The van der Waals surface area contributed by atoms with Gasteiger partial charge in [-0.1, -0.05) is 18.6 Å². The van der Waals surface area contributed by atoms with Crippen LogP contribution in [-0.4, -0.2) is 5.71 Å². The molecule has 0 bridgehead atoms. The maximum absolute atomic E-state index is 7.64. The maximum Gasteiger partial charge on any atom is 0.0406 e. The summed E-state index contributed by atoms with van der Waals surface area (Å²) in [6.07, 6.45) is 0.730. The fourth-order valence-corrected chi connectivity index (χ4v) is 1.12. The molecular weight excluding hydrogens is 148 g/mol. The molecule has 1 aromatic rings. The van der Waals surface area contributed by atoms with Gasteiger partial charge >= 0.3 is 0 Å². The van der Waals surface area contributed by atoms with Crippen LogP contribution in [0.5, 0.6) is 0 Å². The first-order valence-corrected chi connectivity index (χ1v) is 4.09. The molecule has 1 aromatic carbocycles. The van der Waals surface area contributed by atoms with E-state index in [2.05, 4.69) is 0 Å². The van der Waals surface area contributed by atoms with E-state index in [-0.39, 0.29) is 1.43 Å². The van der Waals surface area contributed by atoms with Gasteiger partial charge in [-0.15, -0.1) is 0 Å². The van der Waals surface area contributed by atoms with Crippen LogP contribution in [-0.2, 0) is 0 Å². The Morgan fingerprint density at radius 3 is 2.83 bits per heavy atom. The largest absolute Gasteiger partial charge is 0.398 e. The molecule has 0 radical (unpaired) electrons. The Kier molecular flexibility index (Phi) is 2.48. The van der Waals surface area contributed by atoms with E-state index in [1.54, 1.807) is 0 Å². The Hall–Kier alpha value is -1.31. The summed E-state index contributed by atoms with van der Waals surface area (Å²) in [6, 6.07) is 5.78. The number of aryl methyl sites for hydroxylation is 1. The van der Waals surface area contributed by atoms with Crippen molar-refractivity contribution in [3.05, 3.63) is 29.3 Å². The second-order valence-electron chi connectivity index (χ2n) is 2.92. The lowest BCUT2D eigenvalue weighted by atomic mass is 10.0. The first-order valence-electron chi connectivity index (χ1n) is 4.09. The van der Waals surface area contributed by atoms with Gasteiger partial charge in [0.25, 0.3) is 0 Å². The fourth-order valence-electron chi connectivity index (χ4n) is 1.12. The third kappa shape index (κ3) is 1.64. The van der Waals surface area contributed by atoms with Crippen molar-refractivity contribution < 1.29 is 1.43 Å². The van der Waals surface area contributed by atoms with E-state index in [1.165, 1.54) is 0 Å². The smallest absolute Gasteiger partial charge is 0.0406 e. The molecule has 0 atom stereocenters. The highest BCUT2D eigenvalue weighted by Crippen LogP contribution is 2.15. The zero-order valence-electron chi connectivity index (χ0n) is 7.52. The number of hydrogen-bond acceptors (Lipinski definition) is 2. The Balaban J connectivity index is 0.00000144. The molecule has 0 saturated carbocycles. The molecule has 0 amide bonds. The molecule has 0 unspecified atom stereocenters. The van der Waals surface area contributed by atoms with Crippen LogP contribution in [0.1, 0.15) is 25.9 Å². The lowest BCUT2D eigenvalue weighted by molar-refractivity contribution is 1.24. The van der Waals surface area contributed by atoms with Crippen LogP contribution in [0.3, 0.4) is 0 Å². The van der Waals surface area contributed by atoms with Crippen molar-refractivity contribution in [2.24, 2.45) is 0 Å². The predicted molar refractivity (Wildman–Crippen MR) is 54.8 cm³/mol. The average molecular weight is 164 g/mol. The Morgan fingerprint density at radius 1 is 1.58 bits per heavy atom. The second kappa shape index (κ2) is 3.39. The Labute approximate surface area is 74.4 Å². The molecule has 2 heteroatoms. The van der Waals surface area contributed by atoms with Crippen molar-refractivity contribution in [1.82, 2.24) is 0 Å². The normalized spacial score (nSPS) is 9.83. The predicted octanol–water partition coefficient (Wildman–Crippen LogP) is 2.60. The third-order valence-corrected chi connectivity index (χ3v) is 1.89. The number of nitrogens with one attached hydrogen (secondary N) is 1. The Morgan fingerprint density at radius 2 is 2.25 bits per heavy atom. The van der Waals surface area contributed by atoms with Gasteiger partial charge < -0.3 is 11.1 Å². The van der Waals surface area contributed by atoms with Gasteiger partial charge in [0.05, 0.1) is 0 Å². The molecule has 12 heavy (non-hydrogen) atoms. The minimum Gasteiger partial charge on any atom is -0.398 e. The van der Waals surface area contributed by atoms with Gasteiger partial charge in [-0.25, -0.2) is 0 Å². The number of benzene rings is 1. The van der Waals surface area contributed by atoms with E-state index >= 15 is 0 Å². The third-order valence-electron chi connectivity index (χ3n) is 1.89. The first kappa shape index (κ1) is 8.78. The molecule has 3 N–H and O–H groups in total. The molecule has 0 aliphatic carbocycles. The molecule has 0 saturated heterocycles. The summed E-state index contributed by atoms with van der Waals surface area (Å²) in [4.78, 5) is 0. The monoisotopic (exact) mass is 164 g/mol. The summed E-state index contributed by atoms with van der Waals surface area (Å²) >= 11 is 0. The minimum atomic E-state index is 0. The van der Waals surface area contributed by atoms with Crippen LogP contribution in [0, 0.1) is 12.3 Å². The van der Waals surface area contributed by atoms with Gasteiger partial charge in [0, 0.05) is 18.4 Å². The van der Waals surface area contributed by atoms with Crippen LogP contribution in [0.2, 0.25) is 0 Å². The van der Waals surface area contributed by atoms with Crippen LogP contribution >= 0.6 is 0 Å². The fraction of sp³-hybridized carbons (Fsp3) is 0.300. The lowest BCUT2D eigenvalue weighted by Gasteiger charge is -2.05. The molecule has 0 heterocycles. The number of rotatable bonds is 2. The van der Waals surface area contributed by atoms with E-state index in [9.17, 15) is 0 Å². The van der Waals surface area contributed by atoms with E-state index in [0.717, 1.165) is 17.5 Å². The molecular formula is C10H16N2.